The topological polar surface area (TPSA) is 70.6 Å². The molecule has 0 spiro atoms. The van der Waals surface area contributed by atoms with Crippen molar-refractivity contribution in [3.05, 3.63) is 0 Å². The van der Waals surface area contributed by atoms with Gasteiger partial charge in [-0.25, -0.2) is 0 Å². The Hall–Kier alpha value is -0.770. The second-order valence-electron chi connectivity index (χ2n) is 2.61. The van der Waals surface area contributed by atoms with E-state index in [2.05, 4.69) is 10.3 Å². The van der Waals surface area contributed by atoms with Crippen LogP contribution in [0.15, 0.2) is 4.99 Å². The van der Waals surface area contributed by atoms with Gasteiger partial charge >= 0.3 is 0 Å². The van der Waals surface area contributed by atoms with Crippen molar-refractivity contribution in [2.24, 2.45) is 16.6 Å². The van der Waals surface area contributed by atoms with Crippen LogP contribution in [0.1, 0.15) is 13.3 Å². The van der Waals surface area contributed by atoms with Crippen molar-refractivity contribution in [2.75, 3.05) is 20.2 Å². The van der Waals surface area contributed by atoms with Crippen molar-refractivity contribution >= 4 is 5.96 Å². The highest BCUT2D eigenvalue weighted by atomic mass is 16.3. The number of aliphatic hydroxyl groups is 1. The normalized spacial score (nSPS) is 14.6. The molecule has 1 atom stereocenters. The van der Waals surface area contributed by atoms with Crippen LogP contribution < -0.4 is 11.1 Å². The summed E-state index contributed by atoms with van der Waals surface area (Å²) in [5.74, 6) is 0.884. The molecule has 0 aliphatic heterocycles. The highest BCUT2D eigenvalue weighted by molar-refractivity contribution is 5.77. The average molecular weight is 159 g/mol. The van der Waals surface area contributed by atoms with E-state index in [1.165, 1.54) is 0 Å². The van der Waals surface area contributed by atoms with E-state index in [1.54, 1.807) is 7.05 Å². The molecule has 0 aliphatic carbocycles. The molecule has 1 unspecified atom stereocenters. The first-order valence-electron chi connectivity index (χ1n) is 3.77. The molecule has 0 saturated carbocycles. The Labute approximate surface area is 67.5 Å². The Balaban J connectivity index is 3.37. The van der Waals surface area contributed by atoms with Crippen molar-refractivity contribution < 1.29 is 5.11 Å². The summed E-state index contributed by atoms with van der Waals surface area (Å²) in [5, 5.41) is 11.5. The van der Waals surface area contributed by atoms with Crippen LogP contribution in [-0.4, -0.2) is 31.3 Å². The second-order valence-corrected chi connectivity index (χ2v) is 2.61. The van der Waals surface area contributed by atoms with Crippen LogP contribution in [0, 0.1) is 5.92 Å². The molecule has 0 aromatic heterocycles. The Bertz CT molecular complexity index is 125. The largest absolute Gasteiger partial charge is 0.396 e. The van der Waals surface area contributed by atoms with Crippen LogP contribution in [0.2, 0.25) is 0 Å². The lowest BCUT2D eigenvalue weighted by atomic mass is 10.1. The third kappa shape index (κ3) is 5.66. The summed E-state index contributed by atoms with van der Waals surface area (Å²) < 4.78 is 0. The molecule has 0 heterocycles. The smallest absolute Gasteiger partial charge is 0.188 e. The fourth-order valence-corrected chi connectivity index (χ4v) is 0.680. The van der Waals surface area contributed by atoms with Crippen LogP contribution in [0.4, 0.5) is 0 Å². The molecule has 4 nitrogen and oxygen atoms in total. The van der Waals surface area contributed by atoms with E-state index < -0.39 is 0 Å². The fraction of sp³-hybridized carbons (Fsp3) is 0.857. The molecule has 0 fully saturated rings. The van der Waals surface area contributed by atoms with E-state index in [0.717, 1.165) is 13.0 Å². The Morgan fingerprint density at radius 3 is 2.82 bits per heavy atom. The summed E-state index contributed by atoms with van der Waals surface area (Å²) in [6.45, 7) is 3.04. The van der Waals surface area contributed by atoms with Gasteiger partial charge in [0.25, 0.3) is 0 Å². The molecule has 11 heavy (non-hydrogen) atoms. The van der Waals surface area contributed by atoms with Crippen LogP contribution in [0.25, 0.3) is 0 Å². The fourth-order valence-electron chi connectivity index (χ4n) is 0.680. The first kappa shape index (κ1) is 10.2. The van der Waals surface area contributed by atoms with Gasteiger partial charge in [0, 0.05) is 20.2 Å². The quantitative estimate of drug-likeness (QED) is 0.384. The molecule has 0 bridgehead atoms. The summed E-state index contributed by atoms with van der Waals surface area (Å²) in [6, 6.07) is 0. The molecule has 66 valence electrons. The zero-order valence-electron chi connectivity index (χ0n) is 7.17. The van der Waals surface area contributed by atoms with E-state index in [-0.39, 0.29) is 6.61 Å². The summed E-state index contributed by atoms with van der Waals surface area (Å²) in [5.41, 5.74) is 5.39. The number of nitrogens with one attached hydrogen (secondary N) is 1. The van der Waals surface area contributed by atoms with Crippen LogP contribution >= 0.6 is 0 Å². The number of rotatable bonds is 4. The SMILES string of the molecule is CN=C(N)NCC(C)CCO. The minimum absolute atomic E-state index is 0.228. The lowest BCUT2D eigenvalue weighted by Crippen LogP contribution is -2.34. The maximum absolute atomic E-state index is 8.57. The number of aliphatic imine (C=N–C) groups is 1. The molecule has 0 rings (SSSR count). The van der Waals surface area contributed by atoms with E-state index >= 15 is 0 Å². The van der Waals surface area contributed by atoms with Gasteiger partial charge < -0.3 is 16.2 Å². The highest BCUT2D eigenvalue weighted by Crippen LogP contribution is 1.96. The van der Waals surface area contributed by atoms with Gasteiger partial charge in [0.2, 0.25) is 0 Å². The maximum Gasteiger partial charge on any atom is 0.188 e. The summed E-state index contributed by atoms with van der Waals surface area (Å²) in [7, 11) is 1.64. The predicted octanol–water partition coefficient (Wildman–Crippen LogP) is -0.461. The first-order valence-corrected chi connectivity index (χ1v) is 3.77. The first-order chi connectivity index (χ1) is 5.20. The second kappa shape index (κ2) is 5.97. The third-order valence-electron chi connectivity index (χ3n) is 1.49. The van der Waals surface area contributed by atoms with E-state index in [1.807, 2.05) is 6.92 Å². The minimum atomic E-state index is 0.228. The van der Waals surface area contributed by atoms with Gasteiger partial charge in [-0.2, -0.15) is 0 Å². The minimum Gasteiger partial charge on any atom is -0.396 e. The molecule has 0 radical (unpaired) electrons. The monoisotopic (exact) mass is 159 g/mol. The molecule has 4 N–H and O–H groups in total. The van der Waals surface area contributed by atoms with Gasteiger partial charge in [0.15, 0.2) is 5.96 Å². The van der Waals surface area contributed by atoms with E-state index in [9.17, 15) is 0 Å². The molecule has 0 aromatic rings. The highest BCUT2D eigenvalue weighted by Gasteiger charge is 1.99. The Morgan fingerprint density at radius 1 is 1.73 bits per heavy atom. The summed E-state index contributed by atoms with van der Waals surface area (Å²) in [6.07, 6.45) is 0.796. The van der Waals surface area contributed by atoms with Gasteiger partial charge in [0.05, 0.1) is 0 Å². The Morgan fingerprint density at radius 2 is 2.36 bits per heavy atom. The molecule has 4 heteroatoms. The standard InChI is InChI=1S/C7H17N3O/c1-6(3-4-11)5-10-7(8)9-2/h6,11H,3-5H2,1-2H3,(H3,8,9,10). The lowest BCUT2D eigenvalue weighted by Gasteiger charge is -2.10. The molecular weight excluding hydrogens is 142 g/mol. The van der Waals surface area contributed by atoms with Crippen LogP contribution in [0.3, 0.4) is 0 Å². The average Bonchev–Trinajstić information content (AvgIpc) is 2.01. The van der Waals surface area contributed by atoms with E-state index in [0.29, 0.717) is 11.9 Å². The molecule has 0 aromatic carbocycles. The summed E-state index contributed by atoms with van der Waals surface area (Å²) >= 11 is 0. The third-order valence-corrected chi connectivity index (χ3v) is 1.49. The number of hydrogen-bond acceptors (Lipinski definition) is 2. The number of nitrogens with zero attached hydrogens (tertiary/aromatic N) is 1. The van der Waals surface area contributed by atoms with Gasteiger partial charge in [-0.1, -0.05) is 6.92 Å². The van der Waals surface area contributed by atoms with Crippen molar-refractivity contribution in [1.82, 2.24) is 5.32 Å². The summed E-state index contributed by atoms with van der Waals surface area (Å²) in [4.78, 5) is 3.74. The Kier molecular flexibility index (Phi) is 5.56. The zero-order chi connectivity index (χ0) is 8.69. The van der Waals surface area contributed by atoms with Crippen LogP contribution in [-0.2, 0) is 0 Å². The molecule has 0 aliphatic rings. The van der Waals surface area contributed by atoms with Gasteiger partial charge in [-0.05, 0) is 12.3 Å². The number of aliphatic hydroxyl groups excluding tert-OH is 1. The van der Waals surface area contributed by atoms with Crippen LogP contribution in [0.5, 0.6) is 0 Å². The van der Waals surface area contributed by atoms with Gasteiger partial charge in [0.1, 0.15) is 0 Å². The van der Waals surface area contributed by atoms with Crippen molar-refractivity contribution in [1.29, 1.82) is 0 Å². The molecule has 0 amide bonds. The van der Waals surface area contributed by atoms with E-state index in [4.69, 9.17) is 10.8 Å². The van der Waals surface area contributed by atoms with Gasteiger partial charge in [-0.3, -0.25) is 4.99 Å². The van der Waals surface area contributed by atoms with Crippen molar-refractivity contribution in [2.45, 2.75) is 13.3 Å². The predicted molar refractivity (Wildman–Crippen MR) is 46.4 cm³/mol. The lowest BCUT2D eigenvalue weighted by molar-refractivity contribution is 0.262. The zero-order valence-corrected chi connectivity index (χ0v) is 7.17. The van der Waals surface area contributed by atoms with Crippen molar-refractivity contribution in [3.8, 4) is 0 Å². The number of hydrogen-bond donors (Lipinski definition) is 3. The number of guanidine groups is 1. The molecule has 0 saturated heterocycles. The van der Waals surface area contributed by atoms with Gasteiger partial charge in [-0.15, -0.1) is 0 Å². The molecular formula is C7H17N3O. The van der Waals surface area contributed by atoms with Crippen molar-refractivity contribution in [3.63, 3.8) is 0 Å². The maximum atomic E-state index is 8.57. The number of nitrogens with two attached hydrogens (primary N) is 1.